The predicted molar refractivity (Wildman–Crippen MR) is 157 cm³/mol. The maximum atomic E-state index is 13.9. The van der Waals surface area contributed by atoms with Gasteiger partial charge in [0.25, 0.3) is 0 Å². The van der Waals surface area contributed by atoms with Crippen molar-refractivity contribution in [3.8, 4) is 11.5 Å². The number of rotatable bonds is 12. The highest BCUT2D eigenvalue weighted by atomic mass is 16.5. The van der Waals surface area contributed by atoms with Crippen molar-refractivity contribution in [3.63, 3.8) is 0 Å². The summed E-state index contributed by atoms with van der Waals surface area (Å²) in [7, 11) is 4.43. The molecule has 1 aliphatic rings. The van der Waals surface area contributed by atoms with Crippen molar-refractivity contribution in [1.82, 2.24) is 10.2 Å². The molecule has 3 aromatic carbocycles. The number of esters is 2. The van der Waals surface area contributed by atoms with Gasteiger partial charge in [-0.05, 0) is 54.2 Å². The highest BCUT2D eigenvalue weighted by molar-refractivity contribution is 5.89. The SMILES string of the molecule is COC(=O)[C@H](CCc1ccccc1)N[C@@H](C)C(=O)N1Cc2cc(OC)c(OC)cc2C[C@H]1C(=O)OCc1ccccc1. The van der Waals surface area contributed by atoms with Crippen LogP contribution in [0.4, 0.5) is 0 Å². The zero-order valence-corrected chi connectivity index (χ0v) is 24.5. The molecule has 0 aromatic heterocycles. The smallest absolute Gasteiger partial charge is 0.329 e. The number of benzene rings is 3. The molecule has 0 aliphatic carbocycles. The van der Waals surface area contributed by atoms with Crippen LogP contribution < -0.4 is 14.8 Å². The van der Waals surface area contributed by atoms with Gasteiger partial charge in [-0.25, -0.2) is 4.79 Å². The molecule has 3 aromatic rings. The minimum Gasteiger partial charge on any atom is -0.493 e. The normalized spacial score (nSPS) is 15.6. The summed E-state index contributed by atoms with van der Waals surface area (Å²) in [6, 6.07) is 20.5. The fraction of sp³-hybridized carbons (Fsp3) is 0.364. The van der Waals surface area contributed by atoms with Crippen LogP contribution in [0.1, 0.15) is 35.6 Å². The lowest BCUT2D eigenvalue weighted by Gasteiger charge is -2.37. The Hall–Kier alpha value is -4.37. The number of hydrogen-bond acceptors (Lipinski definition) is 8. The molecule has 42 heavy (non-hydrogen) atoms. The molecular weight excluding hydrogens is 536 g/mol. The summed E-state index contributed by atoms with van der Waals surface area (Å²) < 4.78 is 21.7. The molecule has 1 aliphatic heterocycles. The highest BCUT2D eigenvalue weighted by Gasteiger charge is 2.39. The molecule has 0 spiro atoms. The average Bonchev–Trinajstić information content (AvgIpc) is 3.04. The molecule has 0 saturated carbocycles. The second-order valence-corrected chi connectivity index (χ2v) is 10.2. The lowest BCUT2D eigenvalue weighted by molar-refractivity contribution is -0.158. The van der Waals surface area contributed by atoms with Crippen LogP contribution in [0.25, 0.3) is 0 Å². The van der Waals surface area contributed by atoms with Gasteiger partial charge in [0.1, 0.15) is 18.7 Å². The van der Waals surface area contributed by atoms with Crippen molar-refractivity contribution in [2.24, 2.45) is 0 Å². The van der Waals surface area contributed by atoms with Gasteiger partial charge in [-0.3, -0.25) is 14.9 Å². The summed E-state index contributed by atoms with van der Waals surface area (Å²) >= 11 is 0. The largest absolute Gasteiger partial charge is 0.493 e. The number of aryl methyl sites for hydroxylation is 1. The molecule has 0 saturated heterocycles. The fourth-order valence-corrected chi connectivity index (χ4v) is 5.17. The van der Waals surface area contributed by atoms with Gasteiger partial charge in [-0.2, -0.15) is 0 Å². The van der Waals surface area contributed by atoms with E-state index in [0.717, 1.165) is 22.3 Å². The molecule has 0 bridgehead atoms. The number of amides is 1. The molecular formula is C33H38N2O7. The van der Waals surface area contributed by atoms with Crippen molar-refractivity contribution >= 4 is 17.8 Å². The summed E-state index contributed by atoms with van der Waals surface area (Å²) in [5, 5.41) is 3.15. The van der Waals surface area contributed by atoms with Crippen molar-refractivity contribution in [2.75, 3.05) is 21.3 Å². The maximum Gasteiger partial charge on any atom is 0.329 e. The Bertz CT molecular complexity index is 1360. The Balaban J connectivity index is 1.55. The Labute approximate surface area is 246 Å². The van der Waals surface area contributed by atoms with E-state index in [-0.39, 0.29) is 25.5 Å². The standard InChI is InChI=1S/C33H38N2O7/c1-22(34-27(32(37)41-4)16-15-23-11-7-5-8-12-23)31(36)35-20-26-19-30(40-3)29(39-2)18-25(26)17-28(35)33(38)42-21-24-13-9-6-10-14-24/h5-14,18-19,22,27-28,34H,15-17,20-21H2,1-4H3/t22-,27-,28-/m0/s1. The monoisotopic (exact) mass is 574 g/mol. The van der Waals surface area contributed by atoms with Gasteiger partial charge in [0, 0.05) is 13.0 Å². The minimum absolute atomic E-state index is 0.0920. The summed E-state index contributed by atoms with van der Waals surface area (Å²) in [6.07, 6.45) is 1.31. The van der Waals surface area contributed by atoms with E-state index in [0.29, 0.717) is 24.3 Å². The number of hydrogen-bond donors (Lipinski definition) is 1. The second-order valence-electron chi connectivity index (χ2n) is 10.2. The van der Waals surface area contributed by atoms with Gasteiger partial charge in [0.2, 0.25) is 5.91 Å². The minimum atomic E-state index is -0.864. The molecule has 222 valence electrons. The number of carbonyl (C=O) groups excluding carboxylic acids is 3. The Morgan fingerprint density at radius 2 is 1.48 bits per heavy atom. The van der Waals surface area contributed by atoms with Crippen LogP contribution in [0.3, 0.4) is 0 Å². The number of nitrogens with one attached hydrogen (secondary N) is 1. The van der Waals surface area contributed by atoms with E-state index in [1.165, 1.54) is 12.0 Å². The highest BCUT2D eigenvalue weighted by Crippen LogP contribution is 2.35. The quantitative estimate of drug-likeness (QED) is 0.326. The van der Waals surface area contributed by atoms with Gasteiger partial charge in [0.05, 0.1) is 27.4 Å². The zero-order chi connectivity index (χ0) is 30.1. The van der Waals surface area contributed by atoms with Gasteiger partial charge in [0.15, 0.2) is 11.5 Å². The van der Waals surface area contributed by atoms with Crippen molar-refractivity contribution in [1.29, 1.82) is 0 Å². The Morgan fingerprint density at radius 3 is 2.07 bits per heavy atom. The van der Waals surface area contributed by atoms with E-state index < -0.39 is 30.1 Å². The third kappa shape index (κ3) is 7.47. The molecule has 0 fully saturated rings. The molecule has 1 N–H and O–H groups in total. The fourth-order valence-electron chi connectivity index (χ4n) is 5.17. The number of nitrogens with zero attached hydrogens (tertiary/aromatic N) is 1. The third-order valence-corrected chi connectivity index (χ3v) is 7.49. The first-order valence-electron chi connectivity index (χ1n) is 14.0. The summed E-state index contributed by atoms with van der Waals surface area (Å²) in [5.74, 6) is -0.210. The number of ether oxygens (including phenoxy) is 4. The van der Waals surface area contributed by atoms with Gasteiger partial charge in [-0.1, -0.05) is 60.7 Å². The molecule has 4 rings (SSSR count). The van der Waals surface area contributed by atoms with Gasteiger partial charge < -0.3 is 23.8 Å². The van der Waals surface area contributed by atoms with E-state index in [1.54, 1.807) is 21.1 Å². The average molecular weight is 575 g/mol. The first-order valence-corrected chi connectivity index (χ1v) is 14.0. The van der Waals surface area contributed by atoms with Gasteiger partial charge >= 0.3 is 11.9 Å². The van der Waals surface area contributed by atoms with E-state index in [9.17, 15) is 14.4 Å². The van der Waals surface area contributed by atoms with E-state index in [2.05, 4.69) is 5.32 Å². The molecule has 3 atom stereocenters. The van der Waals surface area contributed by atoms with Crippen molar-refractivity contribution < 1.29 is 33.3 Å². The van der Waals surface area contributed by atoms with Crippen LogP contribution in [0.15, 0.2) is 72.8 Å². The first-order chi connectivity index (χ1) is 20.3. The maximum absolute atomic E-state index is 13.9. The lowest BCUT2D eigenvalue weighted by Crippen LogP contribution is -2.56. The van der Waals surface area contributed by atoms with Crippen LogP contribution in [0, 0.1) is 0 Å². The van der Waals surface area contributed by atoms with E-state index in [1.807, 2.05) is 72.8 Å². The topological polar surface area (TPSA) is 103 Å². The molecule has 0 unspecified atom stereocenters. The lowest BCUT2D eigenvalue weighted by atomic mass is 9.92. The van der Waals surface area contributed by atoms with Crippen LogP contribution in [0.5, 0.6) is 11.5 Å². The second kappa shape index (κ2) is 14.5. The van der Waals surface area contributed by atoms with Crippen LogP contribution >= 0.6 is 0 Å². The predicted octanol–water partition coefficient (Wildman–Crippen LogP) is 3.85. The molecule has 9 heteroatoms. The first kappa shape index (κ1) is 30.6. The number of methoxy groups -OCH3 is 3. The summed E-state index contributed by atoms with van der Waals surface area (Å²) in [4.78, 5) is 41.6. The summed E-state index contributed by atoms with van der Waals surface area (Å²) in [6.45, 7) is 1.95. The zero-order valence-electron chi connectivity index (χ0n) is 24.5. The number of fused-ring (bicyclic) bond motifs is 1. The van der Waals surface area contributed by atoms with Crippen molar-refractivity contribution in [3.05, 3.63) is 95.1 Å². The van der Waals surface area contributed by atoms with Crippen LogP contribution in [-0.2, 0) is 49.9 Å². The molecule has 1 amide bonds. The van der Waals surface area contributed by atoms with Gasteiger partial charge in [-0.15, -0.1) is 0 Å². The van der Waals surface area contributed by atoms with Crippen molar-refractivity contribution in [2.45, 2.75) is 57.5 Å². The Kier molecular flexibility index (Phi) is 10.6. The summed E-state index contributed by atoms with van der Waals surface area (Å²) in [5.41, 5.74) is 3.63. The molecule has 9 nitrogen and oxygen atoms in total. The van der Waals surface area contributed by atoms with E-state index in [4.69, 9.17) is 18.9 Å². The molecule has 0 radical (unpaired) electrons. The molecule has 1 heterocycles. The Morgan fingerprint density at radius 1 is 0.881 bits per heavy atom. The number of carbonyl (C=O) groups is 3. The van der Waals surface area contributed by atoms with E-state index >= 15 is 0 Å². The van der Waals surface area contributed by atoms with Crippen LogP contribution in [-0.4, -0.2) is 62.2 Å². The van der Waals surface area contributed by atoms with Crippen LogP contribution in [0.2, 0.25) is 0 Å². The third-order valence-electron chi connectivity index (χ3n) is 7.49.